The molecule has 0 fully saturated rings. The number of carboxylic acids is 3. The Kier molecular flexibility index (Phi) is 8.58. The Morgan fingerprint density at radius 1 is 0.966 bits per heavy atom. The van der Waals surface area contributed by atoms with Crippen molar-refractivity contribution in [1.29, 1.82) is 0 Å². The number of nitrogens with one attached hydrogen (secondary N) is 1. The van der Waals surface area contributed by atoms with Gasteiger partial charge in [0.15, 0.2) is 0 Å². The van der Waals surface area contributed by atoms with Crippen LogP contribution in [0.1, 0.15) is 31.9 Å². The van der Waals surface area contributed by atoms with Gasteiger partial charge in [-0.05, 0) is 38.3 Å². The quantitative estimate of drug-likeness (QED) is 0.445. The average Bonchev–Trinajstić information content (AvgIpc) is 2.55. The molecule has 1 aromatic rings. The van der Waals surface area contributed by atoms with Crippen LogP contribution in [0.5, 0.6) is 0 Å². The van der Waals surface area contributed by atoms with Crippen molar-refractivity contribution in [3.05, 3.63) is 35.4 Å². The van der Waals surface area contributed by atoms with Gasteiger partial charge in [0.25, 0.3) is 0 Å². The number of carboxylic acid groups (broad SMARTS) is 3. The van der Waals surface area contributed by atoms with Crippen molar-refractivity contribution in [2.24, 2.45) is 0 Å². The fraction of sp³-hybridized carbons (Fsp3) is 0.474. The van der Waals surface area contributed by atoms with Gasteiger partial charge in [-0.25, -0.2) is 4.79 Å². The van der Waals surface area contributed by atoms with Gasteiger partial charge in [0, 0.05) is 6.54 Å². The molecular weight excluding hydrogens is 384 g/mol. The molecule has 0 aromatic heterocycles. The highest BCUT2D eigenvalue weighted by Gasteiger charge is 2.29. The zero-order valence-electron chi connectivity index (χ0n) is 16.5. The first kappa shape index (κ1) is 23.9. The number of aliphatic carboxylic acids is 3. The number of nitrogens with zero attached hydrogens (tertiary/aromatic N) is 1. The first-order chi connectivity index (χ1) is 13.4. The van der Waals surface area contributed by atoms with Gasteiger partial charge < -0.3 is 25.4 Å². The van der Waals surface area contributed by atoms with E-state index in [4.69, 9.17) is 14.9 Å². The Balaban J connectivity index is 2.79. The van der Waals surface area contributed by atoms with E-state index in [2.05, 4.69) is 5.32 Å². The second kappa shape index (κ2) is 10.4. The summed E-state index contributed by atoms with van der Waals surface area (Å²) in [6.45, 7) is 4.04. The lowest BCUT2D eigenvalue weighted by molar-refractivity contribution is -0.149. The second-order valence-electron chi connectivity index (χ2n) is 7.42. The van der Waals surface area contributed by atoms with Crippen molar-refractivity contribution in [3.63, 3.8) is 0 Å². The van der Waals surface area contributed by atoms with Crippen LogP contribution in [-0.2, 0) is 32.1 Å². The number of hydrogen-bond donors (Lipinski definition) is 4. The molecule has 0 saturated heterocycles. The molecule has 0 spiro atoms. The maximum absolute atomic E-state index is 11.7. The minimum Gasteiger partial charge on any atom is -0.480 e. The molecule has 10 heteroatoms. The topological polar surface area (TPSA) is 153 Å². The van der Waals surface area contributed by atoms with Crippen LogP contribution in [0.3, 0.4) is 0 Å². The standard InChI is InChI=1S/C19H26N2O8/c1-19(2,3)29-18(28)20-9-13-6-4-12(5-7-13)8-14(17(26)27)21(10-15(22)23)11-16(24)25/h4-7,14H,8-11H2,1-3H3,(H,20,28)(H,22,23)(H,24,25)(H,26,27). The molecule has 0 aliphatic carbocycles. The summed E-state index contributed by atoms with van der Waals surface area (Å²) in [6.07, 6.45) is -0.638. The molecule has 1 amide bonds. The number of hydrogen-bond acceptors (Lipinski definition) is 6. The van der Waals surface area contributed by atoms with Crippen LogP contribution in [-0.4, -0.2) is 69.0 Å². The Hall–Kier alpha value is -3.14. The van der Waals surface area contributed by atoms with Crippen LogP contribution in [0.2, 0.25) is 0 Å². The van der Waals surface area contributed by atoms with Crippen molar-refractivity contribution in [2.75, 3.05) is 13.1 Å². The van der Waals surface area contributed by atoms with Crippen molar-refractivity contribution in [2.45, 2.75) is 45.4 Å². The van der Waals surface area contributed by atoms with Crippen molar-refractivity contribution >= 4 is 24.0 Å². The predicted octanol–water partition coefficient (Wildman–Crippen LogP) is 1.18. The lowest BCUT2D eigenvalue weighted by atomic mass is 10.0. The SMILES string of the molecule is CC(C)(C)OC(=O)NCc1ccc(CC(C(=O)O)N(CC(=O)O)CC(=O)O)cc1. The zero-order valence-corrected chi connectivity index (χ0v) is 16.5. The Morgan fingerprint density at radius 3 is 1.86 bits per heavy atom. The van der Waals surface area contributed by atoms with Crippen LogP contribution in [0.25, 0.3) is 0 Å². The number of benzene rings is 1. The smallest absolute Gasteiger partial charge is 0.407 e. The molecule has 1 unspecified atom stereocenters. The van der Waals surface area contributed by atoms with Gasteiger partial charge >= 0.3 is 24.0 Å². The summed E-state index contributed by atoms with van der Waals surface area (Å²) in [4.78, 5) is 46.0. The van der Waals surface area contributed by atoms with Gasteiger partial charge in [0.2, 0.25) is 0 Å². The fourth-order valence-electron chi connectivity index (χ4n) is 2.50. The minimum absolute atomic E-state index is 0.0737. The Bertz CT molecular complexity index is 724. The number of alkyl carbamates (subject to hydrolysis) is 1. The van der Waals surface area contributed by atoms with Crippen molar-refractivity contribution < 1.29 is 39.2 Å². The van der Waals surface area contributed by atoms with Crippen LogP contribution < -0.4 is 5.32 Å². The average molecular weight is 410 g/mol. The van der Waals surface area contributed by atoms with Gasteiger partial charge in [-0.2, -0.15) is 0 Å². The van der Waals surface area contributed by atoms with Crippen LogP contribution in [0, 0.1) is 0 Å². The highest BCUT2D eigenvalue weighted by molar-refractivity contribution is 5.78. The van der Waals surface area contributed by atoms with Gasteiger partial charge in [0.05, 0.1) is 13.1 Å². The summed E-state index contributed by atoms with van der Waals surface area (Å²) in [5.41, 5.74) is 0.719. The van der Waals surface area contributed by atoms with E-state index in [0.29, 0.717) is 5.56 Å². The summed E-state index contributed by atoms with van der Waals surface area (Å²) < 4.78 is 5.14. The first-order valence-corrected chi connectivity index (χ1v) is 8.82. The third-order valence-corrected chi connectivity index (χ3v) is 3.69. The third kappa shape index (κ3) is 9.56. The molecule has 0 bridgehead atoms. The minimum atomic E-state index is -1.32. The molecule has 29 heavy (non-hydrogen) atoms. The molecule has 160 valence electrons. The number of carbonyl (C=O) groups is 4. The van der Waals surface area contributed by atoms with E-state index < -0.39 is 48.7 Å². The monoisotopic (exact) mass is 410 g/mol. The number of ether oxygens (including phenoxy) is 1. The summed E-state index contributed by atoms with van der Waals surface area (Å²) >= 11 is 0. The zero-order chi connectivity index (χ0) is 22.2. The largest absolute Gasteiger partial charge is 0.480 e. The van der Waals surface area contributed by atoms with E-state index in [-0.39, 0.29) is 13.0 Å². The molecule has 0 saturated carbocycles. The highest BCUT2D eigenvalue weighted by Crippen LogP contribution is 2.12. The molecule has 1 aromatic carbocycles. The lowest BCUT2D eigenvalue weighted by Gasteiger charge is -2.25. The van der Waals surface area contributed by atoms with E-state index in [1.54, 1.807) is 45.0 Å². The fourth-order valence-corrected chi connectivity index (χ4v) is 2.50. The van der Waals surface area contributed by atoms with E-state index >= 15 is 0 Å². The van der Waals surface area contributed by atoms with E-state index in [0.717, 1.165) is 10.5 Å². The first-order valence-electron chi connectivity index (χ1n) is 8.82. The molecular formula is C19H26N2O8. The molecule has 10 nitrogen and oxygen atoms in total. The number of amides is 1. The predicted molar refractivity (Wildman–Crippen MR) is 101 cm³/mol. The normalized spacial score (nSPS) is 12.3. The number of carbonyl (C=O) groups excluding carboxylic acids is 1. The summed E-state index contributed by atoms with van der Waals surface area (Å²) in [5.74, 6) is -3.95. The highest BCUT2D eigenvalue weighted by atomic mass is 16.6. The molecule has 0 aliphatic rings. The van der Waals surface area contributed by atoms with E-state index in [1.165, 1.54) is 0 Å². The third-order valence-electron chi connectivity index (χ3n) is 3.69. The lowest BCUT2D eigenvalue weighted by Crippen LogP contribution is -2.47. The van der Waals surface area contributed by atoms with Crippen LogP contribution >= 0.6 is 0 Å². The van der Waals surface area contributed by atoms with E-state index in [1.807, 2.05) is 0 Å². The summed E-state index contributed by atoms with van der Waals surface area (Å²) in [7, 11) is 0. The van der Waals surface area contributed by atoms with Gasteiger partial charge in [-0.15, -0.1) is 0 Å². The van der Waals surface area contributed by atoms with E-state index in [9.17, 15) is 24.3 Å². The van der Waals surface area contributed by atoms with Gasteiger partial charge in [0.1, 0.15) is 11.6 Å². The second-order valence-corrected chi connectivity index (χ2v) is 7.42. The van der Waals surface area contributed by atoms with Crippen molar-refractivity contribution in [1.82, 2.24) is 10.2 Å². The maximum atomic E-state index is 11.7. The van der Waals surface area contributed by atoms with Gasteiger partial charge in [-0.1, -0.05) is 24.3 Å². The Morgan fingerprint density at radius 2 is 1.45 bits per heavy atom. The summed E-state index contributed by atoms with van der Waals surface area (Å²) in [5, 5.41) is 29.9. The molecule has 0 aliphatic heterocycles. The maximum Gasteiger partial charge on any atom is 0.407 e. The van der Waals surface area contributed by atoms with Crippen molar-refractivity contribution in [3.8, 4) is 0 Å². The summed E-state index contributed by atoms with van der Waals surface area (Å²) in [6, 6.07) is 5.34. The van der Waals surface area contributed by atoms with Gasteiger partial charge in [-0.3, -0.25) is 19.3 Å². The number of rotatable bonds is 10. The Labute approximate surface area is 168 Å². The molecule has 1 atom stereocenters. The molecule has 0 heterocycles. The molecule has 0 radical (unpaired) electrons. The van der Waals surface area contributed by atoms with Crippen LogP contribution in [0.4, 0.5) is 4.79 Å². The van der Waals surface area contributed by atoms with Crippen LogP contribution in [0.15, 0.2) is 24.3 Å². The molecule has 4 N–H and O–H groups in total. The molecule has 1 rings (SSSR count).